The summed E-state index contributed by atoms with van der Waals surface area (Å²) >= 11 is 0. The van der Waals surface area contributed by atoms with E-state index in [1.54, 1.807) is 0 Å². The highest BCUT2D eigenvalue weighted by Crippen LogP contribution is 2.32. The molecule has 0 bridgehead atoms. The number of carboxylic acid groups (broad SMARTS) is 2. The van der Waals surface area contributed by atoms with Crippen LogP contribution in [0.2, 0.25) is 0 Å². The van der Waals surface area contributed by atoms with E-state index in [4.69, 9.17) is 5.73 Å². The molecule has 6 N–H and O–H groups in total. The number of carboxylic acids is 2. The first kappa shape index (κ1) is 33.0. The zero-order valence-electron chi connectivity index (χ0n) is 23.9. The molecule has 226 valence electrons. The fraction of sp³-hybridized carbons (Fsp3) is 0.786. The molecule has 40 heavy (non-hydrogen) atoms. The Morgan fingerprint density at radius 1 is 0.850 bits per heavy atom. The number of nitrogens with one attached hydrogen (secondary N) is 2. The Morgan fingerprint density at radius 2 is 1.43 bits per heavy atom. The first-order valence-corrected chi connectivity index (χ1v) is 14.4. The van der Waals surface area contributed by atoms with E-state index in [-0.39, 0.29) is 18.3 Å². The molecule has 0 aromatic heterocycles. The SMILES string of the molecule is CC(C)C[C@H](NC(=O)[C@H](CC(=O)O)N(C)C(=O)[C@H](CC1CCCCC1)NC(=O)[C@@H]1CCCC[C@H]1C(=O)O)C(N)=O. The molecular formula is C28H46N4O8. The molecule has 2 fully saturated rings. The fourth-order valence-corrected chi connectivity index (χ4v) is 5.95. The molecule has 2 saturated carbocycles. The summed E-state index contributed by atoms with van der Waals surface area (Å²) in [5, 5.41) is 24.4. The molecule has 4 amide bonds. The molecule has 2 aliphatic carbocycles. The van der Waals surface area contributed by atoms with Crippen LogP contribution in [0.3, 0.4) is 0 Å². The van der Waals surface area contributed by atoms with Gasteiger partial charge in [-0.2, -0.15) is 0 Å². The van der Waals surface area contributed by atoms with Crippen LogP contribution in [-0.2, 0) is 28.8 Å². The smallest absolute Gasteiger partial charge is 0.307 e. The van der Waals surface area contributed by atoms with Crippen molar-refractivity contribution in [2.24, 2.45) is 29.4 Å². The topological polar surface area (TPSA) is 196 Å². The highest BCUT2D eigenvalue weighted by molar-refractivity contribution is 5.96. The molecule has 0 aliphatic heterocycles. The number of primary amides is 1. The van der Waals surface area contributed by atoms with Gasteiger partial charge in [-0.15, -0.1) is 0 Å². The van der Waals surface area contributed by atoms with E-state index in [0.29, 0.717) is 32.1 Å². The number of nitrogens with zero attached hydrogens (tertiary/aromatic N) is 1. The van der Waals surface area contributed by atoms with Gasteiger partial charge >= 0.3 is 11.9 Å². The number of amides is 4. The number of aliphatic carboxylic acids is 2. The summed E-state index contributed by atoms with van der Waals surface area (Å²) < 4.78 is 0. The van der Waals surface area contributed by atoms with Crippen molar-refractivity contribution in [1.82, 2.24) is 15.5 Å². The average Bonchev–Trinajstić information content (AvgIpc) is 2.90. The number of nitrogens with two attached hydrogens (primary N) is 1. The fourth-order valence-electron chi connectivity index (χ4n) is 5.95. The zero-order chi connectivity index (χ0) is 30.0. The van der Waals surface area contributed by atoms with Crippen molar-refractivity contribution in [2.45, 2.75) is 109 Å². The molecular weight excluding hydrogens is 520 g/mol. The summed E-state index contributed by atoms with van der Waals surface area (Å²) in [5.74, 6) is -6.57. The molecule has 0 aromatic carbocycles. The lowest BCUT2D eigenvalue weighted by molar-refractivity contribution is -0.150. The van der Waals surface area contributed by atoms with E-state index >= 15 is 0 Å². The quantitative estimate of drug-likeness (QED) is 0.209. The predicted octanol–water partition coefficient (Wildman–Crippen LogP) is 1.65. The third-order valence-corrected chi connectivity index (χ3v) is 8.18. The van der Waals surface area contributed by atoms with E-state index in [1.807, 2.05) is 13.8 Å². The van der Waals surface area contributed by atoms with Gasteiger partial charge in [0.2, 0.25) is 23.6 Å². The van der Waals surface area contributed by atoms with Crippen LogP contribution in [0.25, 0.3) is 0 Å². The van der Waals surface area contributed by atoms with E-state index in [1.165, 1.54) is 7.05 Å². The standard InChI is InChI=1S/C28H46N4O8/c1-16(2)13-20(24(29)35)30-26(37)22(15-23(33)34)32(3)27(38)21(14-17-9-5-4-6-10-17)31-25(36)18-11-7-8-12-19(18)28(39)40/h16-22H,4-15H2,1-3H3,(H2,29,35)(H,30,37)(H,31,36)(H,33,34)(H,39,40)/t18-,19-,20+,21+,22+/m1/s1. The maximum absolute atomic E-state index is 13.8. The molecule has 12 heteroatoms. The summed E-state index contributed by atoms with van der Waals surface area (Å²) in [5.41, 5.74) is 5.44. The third-order valence-electron chi connectivity index (χ3n) is 8.18. The summed E-state index contributed by atoms with van der Waals surface area (Å²) in [4.78, 5) is 76.7. The van der Waals surface area contributed by atoms with E-state index < -0.39 is 71.9 Å². The van der Waals surface area contributed by atoms with Gasteiger partial charge in [0.1, 0.15) is 18.1 Å². The second kappa shape index (κ2) is 15.6. The molecule has 0 unspecified atom stereocenters. The number of carbonyl (C=O) groups is 6. The van der Waals surface area contributed by atoms with Crippen molar-refractivity contribution < 1.29 is 39.0 Å². The molecule has 5 atom stereocenters. The van der Waals surface area contributed by atoms with Crippen molar-refractivity contribution in [1.29, 1.82) is 0 Å². The zero-order valence-corrected chi connectivity index (χ0v) is 23.9. The number of rotatable bonds is 14. The van der Waals surface area contributed by atoms with Crippen LogP contribution < -0.4 is 16.4 Å². The van der Waals surface area contributed by atoms with Crippen LogP contribution in [0.1, 0.15) is 90.9 Å². The molecule has 0 spiro atoms. The summed E-state index contributed by atoms with van der Waals surface area (Å²) in [6, 6.07) is -3.54. The van der Waals surface area contributed by atoms with Gasteiger partial charge in [-0.3, -0.25) is 28.8 Å². The average molecular weight is 567 g/mol. The summed E-state index contributed by atoms with van der Waals surface area (Å²) in [6.07, 6.45) is 6.85. The van der Waals surface area contributed by atoms with Gasteiger partial charge in [-0.25, -0.2) is 0 Å². The third kappa shape index (κ3) is 9.78. The Kier molecular flexibility index (Phi) is 12.9. The van der Waals surface area contributed by atoms with Crippen molar-refractivity contribution in [3.63, 3.8) is 0 Å². The molecule has 0 heterocycles. The van der Waals surface area contributed by atoms with Crippen LogP contribution >= 0.6 is 0 Å². The van der Waals surface area contributed by atoms with Crippen LogP contribution in [0.4, 0.5) is 0 Å². The van der Waals surface area contributed by atoms with Crippen LogP contribution in [-0.4, -0.2) is 75.9 Å². The lowest BCUT2D eigenvalue weighted by Gasteiger charge is -2.34. The maximum atomic E-state index is 13.8. The van der Waals surface area contributed by atoms with Crippen LogP contribution in [0, 0.1) is 23.7 Å². The summed E-state index contributed by atoms with van der Waals surface area (Å²) in [7, 11) is 1.30. The van der Waals surface area contributed by atoms with Crippen molar-refractivity contribution >= 4 is 35.6 Å². The number of likely N-dealkylation sites (N-methyl/N-ethyl adjacent to an activating group) is 1. The highest BCUT2D eigenvalue weighted by Gasteiger charge is 2.40. The Hall–Kier alpha value is -3.18. The molecule has 12 nitrogen and oxygen atoms in total. The molecule has 0 saturated heterocycles. The van der Waals surface area contributed by atoms with Crippen molar-refractivity contribution in [3.05, 3.63) is 0 Å². The van der Waals surface area contributed by atoms with Gasteiger partial charge in [-0.1, -0.05) is 58.8 Å². The molecule has 0 radical (unpaired) electrons. The van der Waals surface area contributed by atoms with Crippen LogP contribution in [0.15, 0.2) is 0 Å². The molecule has 2 aliphatic rings. The minimum Gasteiger partial charge on any atom is -0.481 e. The maximum Gasteiger partial charge on any atom is 0.307 e. The number of hydrogen-bond acceptors (Lipinski definition) is 6. The minimum absolute atomic E-state index is 0.0135. The van der Waals surface area contributed by atoms with Gasteiger partial charge in [0, 0.05) is 7.05 Å². The Morgan fingerprint density at radius 3 is 1.95 bits per heavy atom. The van der Waals surface area contributed by atoms with Gasteiger partial charge in [0.15, 0.2) is 0 Å². The van der Waals surface area contributed by atoms with Crippen molar-refractivity contribution in [2.75, 3.05) is 7.05 Å². The van der Waals surface area contributed by atoms with Crippen molar-refractivity contribution in [3.8, 4) is 0 Å². The number of hydrogen-bond donors (Lipinski definition) is 5. The monoisotopic (exact) mass is 566 g/mol. The van der Waals surface area contributed by atoms with Gasteiger partial charge in [0.25, 0.3) is 0 Å². The second-order valence-electron chi connectivity index (χ2n) is 11.8. The van der Waals surface area contributed by atoms with Gasteiger partial charge < -0.3 is 31.5 Å². The van der Waals surface area contributed by atoms with E-state index in [2.05, 4.69) is 10.6 Å². The normalized spacial score (nSPS) is 22.0. The lowest BCUT2D eigenvalue weighted by Crippen LogP contribution is -2.58. The Bertz CT molecular complexity index is 933. The number of carbonyl (C=O) groups excluding carboxylic acids is 4. The van der Waals surface area contributed by atoms with E-state index in [0.717, 1.165) is 37.0 Å². The van der Waals surface area contributed by atoms with E-state index in [9.17, 15) is 39.0 Å². The largest absolute Gasteiger partial charge is 0.481 e. The van der Waals surface area contributed by atoms with Crippen LogP contribution in [0.5, 0.6) is 0 Å². The first-order chi connectivity index (χ1) is 18.8. The Labute approximate surface area is 235 Å². The molecule has 0 aromatic rings. The lowest BCUT2D eigenvalue weighted by atomic mass is 9.78. The van der Waals surface area contributed by atoms with Gasteiger partial charge in [-0.05, 0) is 37.5 Å². The van der Waals surface area contributed by atoms with Gasteiger partial charge in [0.05, 0.1) is 18.3 Å². The first-order valence-electron chi connectivity index (χ1n) is 14.4. The predicted molar refractivity (Wildman–Crippen MR) is 146 cm³/mol. The molecule has 2 rings (SSSR count). The second-order valence-corrected chi connectivity index (χ2v) is 11.8. The Balaban J connectivity index is 2.29. The highest BCUT2D eigenvalue weighted by atomic mass is 16.4. The summed E-state index contributed by atoms with van der Waals surface area (Å²) in [6.45, 7) is 3.68. The minimum atomic E-state index is -1.45.